The van der Waals surface area contributed by atoms with Gasteiger partial charge < -0.3 is 9.47 Å². The molecule has 1 atom stereocenters. The normalized spacial score (nSPS) is 17.5. The van der Waals surface area contributed by atoms with Gasteiger partial charge in [0.1, 0.15) is 6.61 Å². The standard InChI is InChI=1S/C22H32O2/c1-2-3-4-5-6-7-8-9-10-11-12-13-14-15-17-20-23-22-19-16-18-21-24-22/h6-7,12-13,22H,2-5,8,11,14,16,18-21H2,1H3/b7-6-,13-12-. The van der Waals surface area contributed by atoms with E-state index in [2.05, 4.69) is 54.9 Å². The Morgan fingerprint density at radius 3 is 2.29 bits per heavy atom. The molecule has 0 bridgehead atoms. The highest BCUT2D eigenvalue weighted by atomic mass is 16.7. The van der Waals surface area contributed by atoms with E-state index < -0.39 is 0 Å². The van der Waals surface area contributed by atoms with Gasteiger partial charge in [-0.15, -0.1) is 0 Å². The second-order valence-corrected chi connectivity index (χ2v) is 5.87. The van der Waals surface area contributed by atoms with Crippen LogP contribution in [-0.2, 0) is 9.47 Å². The van der Waals surface area contributed by atoms with Crippen LogP contribution in [0.1, 0.15) is 71.1 Å². The van der Waals surface area contributed by atoms with E-state index in [4.69, 9.17) is 9.47 Å². The van der Waals surface area contributed by atoms with Gasteiger partial charge >= 0.3 is 0 Å². The minimum Gasteiger partial charge on any atom is -0.353 e. The van der Waals surface area contributed by atoms with Crippen LogP contribution in [0.25, 0.3) is 0 Å². The molecule has 24 heavy (non-hydrogen) atoms. The third kappa shape index (κ3) is 13.0. The van der Waals surface area contributed by atoms with Crippen molar-refractivity contribution in [3.63, 3.8) is 0 Å². The molecule has 0 spiro atoms. The van der Waals surface area contributed by atoms with Crippen LogP contribution in [-0.4, -0.2) is 19.5 Å². The summed E-state index contributed by atoms with van der Waals surface area (Å²) >= 11 is 0. The molecular weight excluding hydrogens is 296 g/mol. The predicted molar refractivity (Wildman–Crippen MR) is 101 cm³/mol. The summed E-state index contributed by atoms with van der Waals surface area (Å²) in [6.45, 7) is 3.51. The third-order valence-electron chi connectivity index (χ3n) is 3.70. The summed E-state index contributed by atoms with van der Waals surface area (Å²) in [6, 6.07) is 0. The Labute approximate surface area is 148 Å². The first-order chi connectivity index (χ1) is 11.9. The average Bonchev–Trinajstić information content (AvgIpc) is 2.62. The van der Waals surface area contributed by atoms with Crippen LogP contribution in [0.4, 0.5) is 0 Å². The van der Waals surface area contributed by atoms with Crippen LogP contribution >= 0.6 is 0 Å². The van der Waals surface area contributed by atoms with Gasteiger partial charge in [0.25, 0.3) is 0 Å². The van der Waals surface area contributed by atoms with Gasteiger partial charge in [-0.1, -0.05) is 67.8 Å². The van der Waals surface area contributed by atoms with Crippen LogP contribution < -0.4 is 0 Å². The van der Waals surface area contributed by atoms with E-state index >= 15 is 0 Å². The summed E-state index contributed by atoms with van der Waals surface area (Å²) in [4.78, 5) is 0. The molecule has 0 aromatic carbocycles. The van der Waals surface area contributed by atoms with Crippen LogP contribution in [0.3, 0.4) is 0 Å². The van der Waals surface area contributed by atoms with E-state index in [9.17, 15) is 0 Å². The Balaban J connectivity index is 1.94. The molecule has 132 valence electrons. The highest BCUT2D eigenvalue weighted by molar-refractivity contribution is 5.10. The number of hydrogen-bond donors (Lipinski definition) is 0. The lowest BCUT2D eigenvalue weighted by Crippen LogP contribution is -2.22. The first kappa shape index (κ1) is 20.6. The molecule has 1 aliphatic heterocycles. The van der Waals surface area contributed by atoms with Gasteiger partial charge in [-0.3, -0.25) is 0 Å². The second-order valence-electron chi connectivity index (χ2n) is 5.87. The molecule has 0 saturated carbocycles. The number of unbranched alkanes of at least 4 members (excludes halogenated alkanes) is 3. The molecule has 1 aliphatic rings. The quantitative estimate of drug-likeness (QED) is 0.320. The van der Waals surface area contributed by atoms with Gasteiger partial charge in [-0.05, 0) is 32.1 Å². The SMILES string of the molecule is CCCCC/C=C\CC#CC/C=C\CC#CCOC1CCCCO1. The van der Waals surface area contributed by atoms with E-state index in [1.165, 1.54) is 32.1 Å². The van der Waals surface area contributed by atoms with Gasteiger partial charge in [0.15, 0.2) is 6.29 Å². The molecule has 1 fully saturated rings. The maximum Gasteiger partial charge on any atom is 0.158 e. The number of rotatable bonds is 9. The second kappa shape index (κ2) is 16.4. The summed E-state index contributed by atoms with van der Waals surface area (Å²) in [5.41, 5.74) is 0. The molecule has 0 radical (unpaired) electrons. The average molecular weight is 328 g/mol. The van der Waals surface area contributed by atoms with Crippen LogP contribution in [0.5, 0.6) is 0 Å². The van der Waals surface area contributed by atoms with Crippen molar-refractivity contribution < 1.29 is 9.47 Å². The topological polar surface area (TPSA) is 18.5 Å². The maximum atomic E-state index is 5.55. The summed E-state index contributed by atoms with van der Waals surface area (Å²) < 4.78 is 11.0. The Hall–Kier alpha value is -1.48. The third-order valence-corrected chi connectivity index (χ3v) is 3.70. The Bertz CT molecular complexity index is 462. The first-order valence-electron chi connectivity index (χ1n) is 9.38. The zero-order chi connectivity index (χ0) is 17.1. The molecule has 1 saturated heterocycles. The first-order valence-corrected chi connectivity index (χ1v) is 9.38. The smallest absolute Gasteiger partial charge is 0.158 e. The summed E-state index contributed by atoms with van der Waals surface area (Å²) in [7, 11) is 0. The highest BCUT2D eigenvalue weighted by Gasteiger charge is 2.12. The summed E-state index contributed by atoms with van der Waals surface area (Å²) in [5, 5.41) is 0. The summed E-state index contributed by atoms with van der Waals surface area (Å²) in [6.07, 6.45) is 19.4. The Morgan fingerprint density at radius 2 is 1.62 bits per heavy atom. The van der Waals surface area contributed by atoms with Gasteiger partial charge in [0.2, 0.25) is 0 Å². The zero-order valence-electron chi connectivity index (χ0n) is 15.2. The molecule has 0 aromatic heterocycles. The van der Waals surface area contributed by atoms with E-state index in [1.807, 2.05) is 0 Å². The molecule has 1 unspecified atom stereocenters. The fraction of sp³-hybridized carbons (Fsp3) is 0.636. The van der Waals surface area contributed by atoms with Crippen molar-refractivity contribution in [1.29, 1.82) is 0 Å². The van der Waals surface area contributed by atoms with E-state index in [-0.39, 0.29) is 6.29 Å². The predicted octanol–water partition coefficient (Wildman–Crippen LogP) is 5.40. The van der Waals surface area contributed by atoms with Crippen molar-refractivity contribution in [2.45, 2.75) is 77.4 Å². The van der Waals surface area contributed by atoms with E-state index in [0.29, 0.717) is 6.61 Å². The van der Waals surface area contributed by atoms with Crippen molar-refractivity contribution in [3.05, 3.63) is 24.3 Å². The fourth-order valence-electron chi connectivity index (χ4n) is 2.30. The van der Waals surface area contributed by atoms with Crippen molar-refractivity contribution in [2.75, 3.05) is 13.2 Å². The molecule has 1 heterocycles. The zero-order valence-corrected chi connectivity index (χ0v) is 15.2. The highest BCUT2D eigenvalue weighted by Crippen LogP contribution is 2.12. The number of allylic oxidation sites excluding steroid dienone is 4. The lowest BCUT2D eigenvalue weighted by atomic mass is 10.2. The largest absolute Gasteiger partial charge is 0.353 e. The molecule has 0 amide bonds. The van der Waals surface area contributed by atoms with Crippen molar-refractivity contribution in [3.8, 4) is 23.7 Å². The van der Waals surface area contributed by atoms with E-state index in [0.717, 1.165) is 38.7 Å². The molecule has 1 rings (SSSR count). The van der Waals surface area contributed by atoms with Crippen LogP contribution in [0, 0.1) is 23.7 Å². The molecule has 0 aliphatic carbocycles. The van der Waals surface area contributed by atoms with Gasteiger partial charge in [-0.25, -0.2) is 0 Å². The van der Waals surface area contributed by atoms with Crippen molar-refractivity contribution in [1.82, 2.24) is 0 Å². The van der Waals surface area contributed by atoms with Gasteiger partial charge in [0, 0.05) is 25.9 Å². The molecule has 2 nitrogen and oxygen atoms in total. The molecule has 0 aromatic rings. The van der Waals surface area contributed by atoms with Gasteiger partial charge in [-0.2, -0.15) is 0 Å². The Kier molecular flexibility index (Phi) is 14.0. The molecule has 2 heteroatoms. The minimum absolute atomic E-state index is 0.0421. The van der Waals surface area contributed by atoms with Gasteiger partial charge in [0.05, 0.1) is 0 Å². The minimum atomic E-state index is -0.0421. The lowest BCUT2D eigenvalue weighted by Gasteiger charge is -2.21. The maximum absolute atomic E-state index is 5.55. The van der Waals surface area contributed by atoms with Crippen molar-refractivity contribution >= 4 is 0 Å². The van der Waals surface area contributed by atoms with E-state index in [1.54, 1.807) is 0 Å². The number of hydrogen-bond acceptors (Lipinski definition) is 2. The number of ether oxygens (including phenoxy) is 2. The van der Waals surface area contributed by atoms with Crippen molar-refractivity contribution in [2.24, 2.45) is 0 Å². The Morgan fingerprint density at radius 1 is 0.917 bits per heavy atom. The van der Waals surface area contributed by atoms with Crippen LogP contribution in [0.2, 0.25) is 0 Å². The fourth-order valence-corrected chi connectivity index (χ4v) is 2.30. The monoisotopic (exact) mass is 328 g/mol. The molecule has 0 N–H and O–H groups in total. The lowest BCUT2D eigenvalue weighted by molar-refractivity contribution is -0.154. The summed E-state index contributed by atoms with van der Waals surface area (Å²) in [5.74, 6) is 12.4. The molecular formula is C22H32O2. The van der Waals surface area contributed by atoms with Crippen LogP contribution in [0.15, 0.2) is 24.3 Å².